The van der Waals surface area contributed by atoms with Crippen LogP contribution in [0.25, 0.3) is 6.08 Å². The van der Waals surface area contributed by atoms with E-state index in [1.54, 1.807) is 33.1 Å². The fourth-order valence-corrected chi connectivity index (χ4v) is 1.93. The van der Waals surface area contributed by atoms with Gasteiger partial charge in [-0.15, -0.1) is 0 Å². The van der Waals surface area contributed by atoms with E-state index >= 15 is 0 Å². The third-order valence-electron chi connectivity index (χ3n) is 2.83. The van der Waals surface area contributed by atoms with Crippen LogP contribution in [0.5, 0.6) is 17.2 Å². The predicted molar refractivity (Wildman–Crippen MR) is 74.3 cm³/mol. The van der Waals surface area contributed by atoms with Crippen molar-refractivity contribution < 1.29 is 23.7 Å². The third kappa shape index (κ3) is 3.04. The average Bonchev–Trinajstić information content (AvgIpc) is 2.46. The van der Waals surface area contributed by atoms with E-state index in [1.165, 1.54) is 0 Å². The summed E-state index contributed by atoms with van der Waals surface area (Å²) in [5.41, 5.74) is 1.32. The number of carbonyl (C=O) groups is 1. The topological polar surface area (TPSA) is 54.0 Å². The lowest BCUT2D eigenvalue weighted by Gasteiger charge is -2.21. The molecule has 5 heteroatoms. The quantitative estimate of drug-likeness (QED) is 0.625. The van der Waals surface area contributed by atoms with Gasteiger partial charge in [-0.2, -0.15) is 0 Å². The summed E-state index contributed by atoms with van der Waals surface area (Å²) in [5, 5.41) is 0. The van der Waals surface area contributed by atoms with Gasteiger partial charge in [0.25, 0.3) is 0 Å². The number of ether oxygens (including phenoxy) is 4. The van der Waals surface area contributed by atoms with Crippen molar-refractivity contribution in [3.05, 3.63) is 23.3 Å². The minimum absolute atomic E-state index is 0.332. The van der Waals surface area contributed by atoms with Gasteiger partial charge in [0.1, 0.15) is 13.2 Å². The van der Waals surface area contributed by atoms with Gasteiger partial charge >= 0.3 is 5.97 Å². The summed E-state index contributed by atoms with van der Waals surface area (Å²) in [6.45, 7) is 4.84. The Morgan fingerprint density at radius 3 is 2.80 bits per heavy atom. The monoisotopic (exact) mass is 278 g/mol. The second-order valence-corrected chi connectivity index (χ2v) is 4.30. The first-order valence-electron chi connectivity index (χ1n) is 6.48. The van der Waals surface area contributed by atoms with Gasteiger partial charge in [0.15, 0.2) is 11.5 Å². The SMILES string of the molecule is CCOC(=O)/C(C)=C/c1cc(OC)c2c(c1)OCCO2. The molecule has 0 bridgehead atoms. The Hall–Kier alpha value is -2.17. The van der Waals surface area contributed by atoms with Gasteiger partial charge in [-0.3, -0.25) is 0 Å². The van der Waals surface area contributed by atoms with Gasteiger partial charge < -0.3 is 18.9 Å². The zero-order valence-corrected chi connectivity index (χ0v) is 11.9. The van der Waals surface area contributed by atoms with Crippen LogP contribution in [0.4, 0.5) is 0 Å². The second kappa shape index (κ2) is 6.32. The zero-order chi connectivity index (χ0) is 14.5. The molecule has 2 rings (SSSR count). The highest BCUT2D eigenvalue weighted by Gasteiger charge is 2.18. The van der Waals surface area contributed by atoms with Crippen LogP contribution >= 0.6 is 0 Å². The van der Waals surface area contributed by atoms with Gasteiger partial charge in [0.05, 0.1) is 13.7 Å². The molecule has 1 heterocycles. The smallest absolute Gasteiger partial charge is 0.333 e. The molecule has 0 unspecified atom stereocenters. The van der Waals surface area contributed by atoms with E-state index < -0.39 is 0 Å². The summed E-state index contributed by atoms with van der Waals surface area (Å²) in [6.07, 6.45) is 1.73. The van der Waals surface area contributed by atoms with Crippen LogP contribution in [-0.4, -0.2) is 32.9 Å². The number of benzene rings is 1. The molecule has 1 aliphatic heterocycles. The maximum Gasteiger partial charge on any atom is 0.333 e. The highest BCUT2D eigenvalue weighted by atomic mass is 16.6. The number of hydrogen-bond donors (Lipinski definition) is 0. The van der Waals surface area contributed by atoms with Crippen LogP contribution in [0, 0.1) is 0 Å². The van der Waals surface area contributed by atoms with Crippen LogP contribution in [0.3, 0.4) is 0 Å². The molecule has 0 fully saturated rings. The first-order valence-corrected chi connectivity index (χ1v) is 6.48. The number of hydrogen-bond acceptors (Lipinski definition) is 5. The minimum Gasteiger partial charge on any atom is -0.493 e. The summed E-state index contributed by atoms with van der Waals surface area (Å²) >= 11 is 0. The highest BCUT2D eigenvalue weighted by molar-refractivity contribution is 5.93. The van der Waals surface area contributed by atoms with Gasteiger partial charge in [-0.1, -0.05) is 0 Å². The first-order chi connectivity index (χ1) is 9.65. The van der Waals surface area contributed by atoms with Crippen molar-refractivity contribution in [3.63, 3.8) is 0 Å². The van der Waals surface area contributed by atoms with E-state index in [2.05, 4.69) is 0 Å². The van der Waals surface area contributed by atoms with Crippen molar-refractivity contribution in [2.75, 3.05) is 26.9 Å². The average molecular weight is 278 g/mol. The van der Waals surface area contributed by atoms with Crippen LogP contribution in [0.15, 0.2) is 17.7 Å². The van der Waals surface area contributed by atoms with Crippen LogP contribution < -0.4 is 14.2 Å². The van der Waals surface area contributed by atoms with E-state index in [0.717, 1.165) is 5.56 Å². The van der Waals surface area contributed by atoms with Gasteiger partial charge in [-0.05, 0) is 37.6 Å². The number of esters is 1. The fraction of sp³-hybridized carbons (Fsp3) is 0.400. The molecule has 1 aliphatic rings. The zero-order valence-electron chi connectivity index (χ0n) is 11.9. The number of methoxy groups -OCH3 is 1. The molecule has 0 atom stereocenters. The minimum atomic E-state index is -0.332. The third-order valence-corrected chi connectivity index (χ3v) is 2.83. The molecule has 0 aliphatic carbocycles. The molecule has 108 valence electrons. The van der Waals surface area contributed by atoms with E-state index in [4.69, 9.17) is 18.9 Å². The Kier molecular flexibility index (Phi) is 4.50. The summed E-state index contributed by atoms with van der Waals surface area (Å²) < 4.78 is 21.3. The van der Waals surface area contributed by atoms with Crippen molar-refractivity contribution in [1.29, 1.82) is 0 Å². The molecule has 0 amide bonds. The molecule has 1 aromatic carbocycles. The van der Waals surface area contributed by atoms with Crippen LogP contribution in [-0.2, 0) is 9.53 Å². The first kappa shape index (κ1) is 14.2. The Balaban J connectivity index is 2.33. The molecular weight excluding hydrogens is 260 g/mol. The summed E-state index contributed by atoms with van der Waals surface area (Å²) in [4.78, 5) is 11.6. The Morgan fingerprint density at radius 1 is 1.35 bits per heavy atom. The molecule has 0 N–H and O–H groups in total. The lowest BCUT2D eigenvalue weighted by Crippen LogP contribution is -2.16. The lowest BCUT2D eigenvalue weighted by atomic mass is 10.1. The van der Waals surface area contributed by atoms with Gasteiger partial charge in [0, 0.05) is 5.57 Å². The fourth-order valence-electron chi connectivity index (χ4n) is 1.93. The van der Waals surface area contributed by atoms with Crippen molar-refractivity contribution in [2.24, 2.45) is 0 Å². The molecule has 20 heavy (non-hydrogen) atoms. The summed E-state index contributed by atoms with van der Waals surface area (Å²) in [7, 11) is 1.57. The van der Waals surface area contributed by atoms with E-state index in [0.29, 0.717) is 42.6 Å². The van der Waals surface area contributed by atoms with Crippen molar-refractivity contribution in [3.8, 4) is 17.2 Å². The van der Waals surface area contributed by atoms with E-state index in [-0.39, 0.29) is 5.97 Å². The molecule has 0 aromatic heterocycles. The molecule has 1 aromatic rings. The molecule has 0 spiro atoms. The molecule has 0 saturated heterocycles. The largest absolute Gasteiger partial charge is 0.493 e. The Bertz CT molecular complexity index is 516. The second-order valence-electron chi connectivity index (χ2n) is 4.30. The van der Waals surface area contributed by atoms with Crippen LogP contribution in [0.1, 0.15) is 19.4 Å². The molecule has 5 nitrogen and oxygen atoms in total. The molecule has 0 radical (unpaired) electrons. The molecular formula is C15H18O5. The van der Waals surface area contributed by atoms with Gasteiger partial charge in [-0.25, -0.2) is 4.79 Å². The van der Waals surface area contributed by atoms with E-state index in [1.807, 2.05) is 6.07 Å². The maximum atomic E-state index is 11.6. The molecule has 0 saturated carbocycles. The Morgan fingerprint density at radius 2 is 2.10 bits per heavy atom. The van der Waals surface area contributed by atoms with Crippen molar-refractivity contribution >= 4 is 12.0 Å². The Labute approximate surface area is 118 Å². The number of carbonyl (C=O) groups excluding carboxylic acids is 1. The van der Waals surface area contributed by atoms with Crippen LogP contribution in [0.2, 0.25) is 0 Å². The number of rotatable bonds is 4. The van der Waals surface area contributed by atoms with Crippen molar-refractivity contribution in [2.45, 2.75) is 13.8 Å². The van der Waals surface area contributed by atoms with E-state index in [9.17, 15) is 4.79 Å². The van der Waals surface area contributed by atoms with Crippen molar-refractivity contribution in [1.82, 2.24) is 0 Å². The summed E-state index contributed by atoms with van der Waals surface area (Å²) in [5.74, 6) is 1.48. The van der Waals surface area contributed by atoms with Gasteiger partial charge in [0.2, 0.25) is 5.75 Å². The summed E-state index contributed by atoms with van der Waals surface area (Å²) in [6, 6.07) is 3.62. The lowest BCUT2D eigenvalue weighted by molar-refractivity contribution is -0.138. The standard InChI is InChI=1S/C15H18O5/c1-4-18-15(16)10(2)7-11-8-12(17-3)14-13(9-11)19-5-6-20-14/h7-9H,4-6H2,1-3H3/b10-7+. The maximum absolute atomic E-state index is 11.6. The number of fused-ring (bicyclic) bond motifs is 1. The normalized spacial score (nSPS) is 13.8. The highest BCUT2D eigenvalue weighted by Crippen LogP contribution is 2.40. The predicted octanol–water partition coefficient (Wildman–Crippen LogP) is 2.43.